The van der Waals surface area contributed by atoms with Crippen molar-refractivity contribution in [1.82, 2.24) is 20.1 Å². The van der Waals surface area contributed by atoms with Crippen LogP contribution in [0.4, 0.5) is 5.69 Å². The van der Waals surface area contributed by atoms with E-state index in [4.69, 9.17) is 4.74 Å². The molecule has 1 amide bonds. The second kappa shape index (κ2) is 11.6. The van der Waals surface area contributed by atoms with Gasteiger partial charge in [0.1, 0.15) is 5.75 Å². The van der Waals surface area contributed by atoms with E-state index in [1.165, 1.54) is 35.7 Å². The van der Waals surface area contributed by atoms with E-state index in [9.17, 15) is 9.59 Å². The standard InChI is InChI=1S/C30H39N5O3/c1-31-30(37)26-19-29(36)35(28-18-24(38-3)7-8-25(26)28)16-15-34-13-10-23(11-14-34)32-20-21-6-9-27-22(17-21)5-4-12-33(27)2/h6-9,17-19,23,32H,4-5,10-16,20H2,1-3H3,(H,31,37). The first-order valence-electron chi connectivity index (χ1n) is 13.7. The molecule has 1 saturated heterocycles. The van der Waals surface area contributed by atoms with Crippen LogP contribution in [0.5, 0.6) is 5.75 Å². The van der Waals surface area contributed by atoms with Gasteiger partial charge in [0.2, 0.25) is 0 Å². The Balaban J connectivity index is 1.19. The van der Waals surface area contributed by atoms with Crippen molar-refractivity contribution in [3.05, 3.63) is 69.5 Å². The lowest BCUT2D eigenvalue weighted by Gasteiger charge is -2.33. The van der Waals surface area contributed by atoms with Gasteiger partial charge in [0.15, 0.2) is 0 Å². The van der Waals surface area contributed by atoms with Gasteiger partial charge in [0.25, 0.3) is 11.5 Å². The minimum atomic E-state index is -0.262. The van der Waals surface area contributed by atoms with Gasteiger partial charge >= 0.3 is 0 Å². The predicted octanol–water partition coefficient (Wildman–Crippen LogP) is 3.01. The largest absolute Gasteiger partial charge is 0.497 e. The summed E-state index contributed by atoms with van der Waals surface area (Å²) in [7, 11) is 5.36. The quantitative estimate of drug-likeness (QED) is 0.478. The minimum absolute atomic E-state index is 0.169. The van der Waals surface area contributed by atoms with E-state index in [-0.39, 0.29) is 11.5 Å². The molecule has 0 atom stereocenters. The number of aryl methyl sites for hydroxylation is 1. The number of carbonyl (C=O) groups is 1. The number of nitrogens with one attached hydrogen (secondary N) is 2. The number of aromatic nitrogens is 1. The van der Waals surface area contributed by atoms with Crippen LogP contribution in [0.2, 0.25) is 0 Å². The highest BCUT2D eigenvalue weighted by atomic mass is 16.5. The van der Waals surface area contributed by atoms with Gasteiger partial charge < -0.3 is 29.7 Å². The summed E-state index contributed by atoms with van der Waals surface area (Å²) in [6, 6.07) is 14.4. The van der Waals surface area contributed by atoms with Gasteiger partial charge in [0.05, 0.1) is 18.2 Å². The molecule has 2 N–H and O–H groups in total. The number of ether oxygens (including phenoxy) is 1. The Hall–Kier alpha value is -3.36. The van der Waals surface area contributed by atoms with Crippen molar-refractivity contribution in [2.24, 2.45) is 0 Å². The summed E-state index contributed by atoms with van der Waals surface area (Å²) in [5, 5.41) is 7.16. The molecule has 2 aliphatic rings. The van der Waals surface area contributed by atoms with Crippen molar-refractivity contribution in [3.63, 3.8) is 0 Å². The molecule has 38 heavy (non-hydrogen) atoms. The summed E-state index contributed by atoms with van der Waals surface area (Å²) in [4.78, 5) is 30.2. The predicted molar refractivity (Wildman–Crippen MR) is 152 cm³/mol. The molecule has 0 aliphatic carbocycles. The molecule has 0 saturated carbocycles. The lowest BCUT2D eigenvalue weighted by Crippen LogP contribution is -2.43. The van der Waals surface area contributed by atoms with Gasteiger partial charge in [-0.3, -0.25) is 9.59 Å². The van der Waals surface area contributed by atoms with Crippen molar-refractivity contribution >= 4 is 22.5 Å². The van der Waals surface area contributed by atoms with Crippen molar-refractivity contribution in [1.29, 1.82) is 0 Å². The summed E-state index contributed by atoms with van der Waals surface area (Å²) in [5.74, 6) is 0.402. The van der Waals surface area contributed by atoms with Crippen LogP contribution in [-0.4, -0.2) is 68.8 Å². The number of carbonyl (C=O) groups excluding carboxylic acids is 1. The number of anilines is 1. The summed E-state index contributed by atoms with van der Waals surface area (Å²) < 4.78 is 7.17. The highest BCUT2D eigenvalue weighted by molar-refractivity contribution is 6.06. The fourth-order valence-corrected chi connectivity index (χ4v) is 5.85. The van der Waals surface area contributed by atoms with Gasteiger partial charge in [-0.2, -0.15) is 0 Å². The Morgan fingerprint density at radius 3 is 2.63 bits per heavy atom. The van der Waals surface area contributed by atoms with Crippen LogP contribution >= 0.6 is 0 Å². The molecule has 8 heteroatoms. The zero-order valence-corrected chi connectivity index (χ0v) is 22.8. The molecule has 2 aromatic carbocycles. The average molecular weight is 518 g/mol. The molecule has 0 spiro atoms. The van der Waals surface area contributed by atoms with E-state index < -0.39 is 0 Å². The normalized spacial score (nSPS) is 16.4. The number of fused-ring (bicyclic) bond motifs is 2. The molecule has 2 aliphatic heterocycles. The third-order valence-electron chi connectivity index (χ3n) is 8.11. The van der Waals surface area contributed by atoms with E-state index in [0.29, 0.717) is 23.9 Å². The Labute approximate surface area is 224 Å². The topological polar surface area (TPSA) is 78.8 Å². The molecule has 1 aromatic heterocycles. The molecule has 8 nitrogen and oxygen atoms in total. The second-order valence-electron chi connectivity index (χ2n) is 10.5. The molecule has 0 unspecified atom stereocenters. The van der Waals surface area contributed by atoms with Crippen LogP contribution in [0.1, 0.15) is 40.7 Å². The molecule has 0 bridgehead atoms. The Morgan fingerprint density at radius 2 is 1.87 bits per heavy atom. The summed E-state index contributed by atoms with van der Waals surface area (Å²) in [6.07, 6.45) is 4.58. The summed E-state index contributed by atoms with van der Waals surface area (Å²) in [6.45, 7) is 5.40. The smallest absolute Gasteiger partial charge is 0.251 e. The van der Waals surface area contributed by atoms with Gasteiger partial charge in [-0.05, 0) is 68.1 Å². The van der Waals surface area contributed by atoms with E-state index in [0.717, 1.165) is 56.5 Å². The molecule has 5 rings (SSSR count). The average Bonchev–Trinajstić information content (AvgIpc) is 2.95. The number of amides is 1. The maximum absolute atomic E-state index is 13.0. The van der Waals surface area contributed by atoms with E-state index in [1.807, 2.05) is 18.2 Å². The van der Waals surface area contributed by atoms with E-state index >= 15 is 0 Å². The number of nitrogens with zero attached hydrogens (tertiary/aromatic N) is 3. The number of likely N-dealkylation sites (tertiary alicyclic amines) is 1. The second-order valence-corrected chi connectivity index (χ2v) is 10.5. The van der Waals surface area contributed by atoms with Gasteiger partial charge in [-0.25, -0.2) is 0 Å². The molecular formula is C30H39N5O3. The first-order chi connectivity index (χ1) is 18.5. The fourth-order valence-electron chi connectivity index (χ4n) is 5.85. The third kappa shape index (κ3) is 5.56. The van der Waals surface area contributed by atoms with Gasteiger partial charge in [-0.1, -0.05) is 12.1 Å². The van der Waals surface area contributed by atoms with Gasteiger partial charge in [-0.15, -0.1) is 0 Å². The van der Waals surface area contributed by atoms with Crippen LogP contribution in [0, 0.1) is 0 Å². The lowest BCUT2D eigenvalue weighted by molar-refractivity contribution is 0.0964. The number of piperidine rings is 1. The zero-order chi connectivity index (χ0) is 26.6. The maximum Gasteiger partial charge on any atom is 0.251 e. The maximum atomic E-state index is 13.0. The third-order valence-corrected chi connectivity index (χ3v) is 8.11. The molecule has 1 fully saturated rings. The number of pyridine rings is 1. The Kier molecular flexibility index (Phi) is 8.00. The van der Waals surface area contributed by atoms with Crippen LogP contribution in [0.15, 0.2) is 47.3 Å². The monoisotopic (exact) mass is 517 g/mol. The highest BCUT2D eigenvalue weighted by Gasteiger charge is 2.21. The van der Waals surface area contributed by atoms with Crippen molar-refractivity contribution in [3.8, 4) is 5.75 Å². The number of rotatable bonds is 8. The first-order valence-corrected chi connectivity index (χ1v) is 13.7. The number of hydrogen-bond acceptors (Lipinski definition) is 6. The van der Waals surface area contributed by atoms with Crippen molar-refractivity contribution < 1.29 is 9.53 Å². The molecule has 0 radical (unpaired) electrons. The molecule has 202 valence electrons. The first kappa shape index (κ1) is 26.3. The lowest BCUT2D eigenvalue weighted by atomic mass is 9.99. The minimum Gasteiger partial charge on any atom is -0.497 e. The highest BCUT2D eigenvalue weighted by Crippen LogP contribution is 2.27. The van der Waals surface area contributed by atoms with E-state index in [1.54, 1.807) is 18.7 Å². The number of hydrogen-bond donors (Lipinski definition) is 2. The zero-order valence-electron chi connectivity index (χ0n) is 22.8. The molecule has 3 aromatic rings. The fraction of sp³-hybridized carbons (Fsp3) is 0.467. The molecule has 3 heterocycles. The van der Waals surface area contributed by atoms with Crippen molar-refractivity contribution in [2.45, 2.75) is 44.8 Å². The van der Waals surface area contributed by atoms with Gasteiger partial charge in [0, 0.05) is 69.5 Å². The Bertz CT molecular complexity index is 1360. The van der Waals surface area contributed by atoms with Crippen molar-refractivity contribution in [2.75, 3.05) is 52.3 Å². The van der Waals surface area contributed by atoms with Crippen LogP contribution < -0.4 is 25.8 Å². The molecular weight excluding hydrogens is 478 g/mol. The summed E-state index contributed by atoms with van der Waals surface area (Å²) >= 11 is 0. The SMILES string of the molecule is CNC(=O)c1cc(=O)n(CCN2CCC(NCc3ccc4c(c3)CCCN4C)CC2)c2cc(OC)ccc12. The number of methoxy groups -OCH3 is 1. The van der Waals surface area contributed by atoms with E-state index in [2.05, 4.69) is 45.7 Å². The summed E-state index contributed by atoms with van der Waals surface area (Å²) in [5.41, 5.74) is 5.16. The van der Waals surface area contributed by atoms with Crippen LogP contribution in [0.25, 0.3) is 10.9 Å². The van der Waals surface area contributed by atoms with Crippen LogP contribution in [0.3, 0.4) is 0 Å². The Morgan fingerprint density at radius 1 is 1.05 bits per heavy atom. The van der Waals surface area contributed by atoms with Crippen LogP contribution in [-0.2, 0) is 19.5 Å². The number of benzene rings is 2.